The van der Waals surface area contributed by atoms with E-state index >= 15 is 0 Å². The number of rotatable bonds is 6. The number of nitrogens with zero attached hydrogens (tertiary/aromatic N) is 1. The number of ether oxygens (including phenoxy) is 1. The Morgan fingerprint density at radius 3 is 2.54 bits per heavy atom. The van der Waals surface area contributed by atoms with Crippen molar-refractivity contribution in [2.45, 2.75) is 26.9 Å². The summed E-state index contributed by atoms with van der Waals surface area (Å²) in [6.07, 6.45) is -1.07. The maximum Gasteiger partial charge on any atom is 0.358 e. The molecule has 9 heteroatoms. The molecule has 0 spiro atoms. The minimum atomic E-state index is -1.07. The molecule has 0 saturated carbocycles. The molecule has 0 aliphatic rings. The molecule has 2 rings (SSSR count). The minimum absolute atomic E-state index is 0.00280. The molecule has 0 saturated heterocycles. The first kappa shape index (κ1) is 19.3. The lowest BCUT2D eigenvalue weighted by Crippen LogP contribution is -2.30. The van der Waals surface area contributed by atoms with E-state index in [0.29, 0.717) is 11.3 Å². The number of benzene rings is 1. The maximum absolute atomic E-state index is 12.2. The van der Waals surface area contributed by atoms with Crippen LogP contribution in [0.2, 0.25) is 0 Å². The second-order valence-corrected chi connectivity index (χ2v) is 6.25. The van der Waals surface area contributed by atoms with E-state index in [1.54, 1.807) is 18.2 Å². The van der Waals surface area contributed by atoms with Crippen LogP contribution in [-0.2, 0) is 14.3 Å². The van der Waals surface area contributed by atoms with Crippen LogP contribution in [0.25, 0.3) is 0 Å². The third-order valence-corrected chi connectivity index (χ3v) is 3.94. The molecule has 1 atom stereocenters. The molecule has 1 aromatic carbocycles. The van der Waals surface area contributed by atoms with Crippen LogP contribution < -0.4 is 10.6 Å². The van der Waals surface area contributed by atoms with Gasteiger partial charge >= 0.3 is 5.97 Å². The molecule has 26 heavy (non-hydrogen) atoms. The Balaban J connectivity index is 1.97. The van der Waals surface area contributed by atoms with Crippen molar-refractivity contribution in [3.8, 4) is 0 Å². The van der Waals surface area contributed by atoms with Gasteiger partial charge in [0, 0.05) is 23.6 Å². The van der Waals surface area contributed by atoms with Crippen LogP contribution in [0.4, 0.5) is 10.8 Å². The number of aromatic nitrogens is 1. The first-order valence-corrected chi connectivity index (χ1v) is 8.50. The van der Waals surface area contributed by atoms with Crippen molar-refractivity contribution in [1.29, 1.82) is 0 Å². The maximum atomic E-state index is 12.2. The number of Topliss-reactive ketones (excluding diaryl/α,β-unsaturated/α-hetero) is 1. The Hall–Kier alpha value is -3.07. The van der Waals surface area contributed by atoms with Crippen molar-refractivity contribution in [1.82, 2.24) is 4.98 Å². The van der Waals surface area contributed by atoms with Gasteiger partial charge in [0.05, 0.1) is 0 Å². The van der Waals surface area contributed by atoms with Crippen LogP contribution in [0.15, 0.2) is 29.6 Å². The lowest BCUT2D eigenvalue weighted by atomic mass is 10.1. The van der Waals surface area contributed by atoms with Crippen molar-refractivity contribution in [3.05, 3.63) is 40.9 Å². The van der Waals surface area contributed by atoms with E-state index < -0.39 is 18.0 Å². The lowest BCUT2D eigenvalue weighted by Gasteiger charge is -2.13. The molecule has 0 aliphatic carbocycles. The molecule has 136 valence electrons. The van der Waals surface area contributed by atoms with Gasteiger partial charge in [-0.25, -0.2) is 9.78 Å². The fraction of sp³-hybridized carbons (Fsp3) is 0.235. The van der Waals surface area contributed by atoms with Gasteiger partial charge in [-0.3, -0.25) is 14.4 Å². The van der Waals surface area contributed by atoms with Crippen LogP contribution in [0.3, 0.4) is 0 Å². The fourth-order valence-corrected chi connectivity index (χ4v) is 2.64. The van der Waals surface area contributed by atoms with Crippen LogP contribution in [0.1, 0.15) is 41.6 Å². The van der Waals surface area contributed by atoms with E-state index in [0.717, 1.165) is 11.3 Å². The molecule has 1 heterocycles. The first-order valence-electron chi connectivity index (χ1n) is 7.62. The number of hydrogen-bond donors (Lipinski definition) is 2. The lowest BCUT2D eigenvalue weighted by molar-refractivity contribution is -0.123. The van der Waals surface area contributed by atoms with Gasteiger partial charge < -0.3 is 15.4 Å². The number of carbonyl (C=O) groups excluding carboxylic acids is 4. The van der Waals surface area contributed by atoms with Gasteiger partial charge in [0.25, 0.3) is 5.91 Å². The summed E-state index contributed by atoms with van der Waals surface area (Å²) in [7, 11) is 0. The Morgan fingerprint density at radius 1 is 1.15 bits per heavy atom. The number of thiazole rings is 1. The summed E-state index contributed by atoms with van der Waals surface area (Å²) in [5, 5.41) is 6.73. The Kier molecular flexibility index (Phi) is 6.18. The van der Waals surface area contributed by atoms with Crippen molar-refractivity contribution in [3.63, 3.8) is 0 Å². The molecule has 0 aliphatic heterocycles. The van der Waals surface area contributed by atoms with E-state index in [1.165, 1.54) is 32.2 Å². The van der Waals surface area contributed by atoms with Crippen molar-refractivity contribution in [2.24, 2.45) is 0 Å². The molecule has 2 amide bonds. The molecule has 2 N–H and O–H groups in total. The van der Waals surface area contributed by atoms with Gasteiger partial charge in [-0.15, -0.1) is 11.3 Å². The van der Waals surface area contributed by atoms with Gasteiger partial charge in [0.2, 0.25) is 5.91 Å². The summed E-state index contributed by atoms with van der Waals surface area (Å²) in [5.74, 6) is -1.76. The Bertz CT molecular complexity index is 862. The highest BCUT2D eigenvalue weighted by atomic mass is 32.1. The highest BCUT2D eigenvalue weighted by Crippen LogP contribution is 2.17. The molecule has 2 aromatic rings. The minimum Gasteiger partial charge on any atom is -0.448 e. The smallest absolute Gasteiger partial charge is 0.358 e. The number of carbonyl (C=O) groups is 4. The summed E-state index contributed by atoms with van der Waals surface area (Å²) in [6.45, 7) is 4.17. The highest BCUT2D eigenvalue weighted by molar-refractivity contribution is 7.14. The van der Waals surface area contributed by atoms with Gasteiger partial charge in [-0.1, -0.05) is 12.1 Å². The Labute approximate surface area is 153 Å². The molecule has 0 fully saturated rings. The monoisotopic (exact) mass is 375 g/mol. The standard InChI is InChI=1S/C17H17N3O5S/c1-9(21)12-5-4-6-13(7-12)19-15(23)10(2)25-16(24)14-8-26-17(20-14)18-11(3)22/h4-8,10H,1-3H3,(H,19,23)(H,18,20,22). The van der Waals surface area contributed by atoms with E-state index in [2.05, 4.69) is 15.6 Å². The molecular weight excluding hydrogens is 358 g/mol. The summed E-state index contributed by atoms with van der Waals surface area (Å²) < 4.78 is 5.08. The van der Waals surface area contributed by atoms with E-state index in [4.69, 9.17) is 4.74 Å². The second kappa shape index (κ2) is 8.34. The summed E-state index contributed by atoms with van der Waals surface area (Å²) >= 11 is 1.07. The molecule has 1 unspecified atom stereocenters. The Morgan fingerprint density at radius 2 is 1.88 bits per heavy atom. The van der Waals surface area contributed by atoms with Crippen molar-refractivity contribution >= 4 is 45.7 Å². The number of hydrogen-bond acceptors (Lipinski definition) is 7. The van der Waals surface area contributed by atoms with Gasteiger partial charge in [-0.2, -0.15) is 0 Å². The first-order chi connectivity index (χ1) is 12.3. The zero-order valence-corrected chi connectivity index (χ0v) is 15.2. The third kappa shape index (κ3) is 5.21. The number of ketones is 1. The van der Waals surface area contributed by atoms with Crippen molar-refractivity contribution in [2.75, 3.05) is 10.6 Å². The largest absolute Gasteiger partial charge is 0.448 e. The van der Waals surface area contributed by atoms with Gasteiger partial charge in [0.1, 0.15) is 0 Å². The molecule has 0 bridgehead atoms. The predicted molar refractivity (Wildman–Crippen MR) is 96.4 cm³/mol. The van der Waals surface area contributed by atoms with Crippen LogP contribution in [0, 0.1) is 0 Å². The van der Waals surface area contributed by atoms with E-state index in [9.17, 15) is 19.2 Å². The highest BCUT2D eigenvalue weighted by Gasteiger charge is 2.21. The molecule has 0 radical (unpaired) electrons. The number of anilines is 2. The summed E-state index contributed by atoms with van der Waals surface area (Å²) in [4.78, 5) is 50.5. The second-order valence-electron chi connectivity index (χ2n) is 5.39. The van der Waals surface area contributed by atoms with Crippen LogP contribution in [0.5, 0.6) is 0 Å². The SMILES string of the molecule is CC(=O)Nc1nc(C(=O)OC(C)C(=O)Nc2cccc(C(C)=O)c2)cs1. The quantitative estimate of drug-likeness (QED) is 0.592. The summed E-state index contributed by atoms with van der Waals surface area (Å²) in [5.41, 5.74) is 0.879. The average molecular weight is 375 g/mol. The average Bonchev–Trinajstić information content (AvgIpc) is 3.02. The third-order valence-electron chi connectivity index (χ3n) is 3.19. The van der Waals surface area contributed by atoms with E-state index in [1.807, 2.05) is 0 Å². The van der Waals surface area contributed by atoms with Gasteiger partial charge in [-0.05, 0) is 26.0 Å². The fourth-order valence-electron chi connectivity index (χ4n) is 1.91. The van der Waals surface area contributed by atoms with Crippen LogP contribution >= 0.6 is 11.3 Å². The number of esters is 1. The normalized spacial score (nSPS) is 11.3. The van der Waals surface area contributed by atoms with Crippen LogP contribution in [-0.4, -0.2) is 34.7 Å². The molecular formula is C17H17N3O5S. The van der Waals surface area contributed by atoms with E-state index in [-0.39, 0.29) is 22.5 Å². The number of nitrogens with one attached hydrogen (secondary N) is 2. The molecule has 8 nitrogen and oxygen atoms in total. The molecule has 1 aromatic heterocycles. The zero-order chi connectivity index (χ0) is 19.3. The predicted octanol–water partition coefficient (Wildman–Crippen LogP) is 2.49. The van der Waals surface area contributed by atoms with Crippen molar-refractivity contribution < 1.29 is 23.9 Å². The van der Waals surface area contributed by atoms with Gasteiger partial charge in [0.15, 0.2) is 22.7 Å². The topological polar surface area (TPSA) is 114 Å². The zero-order valence-electron chi connectivity index (χ0n) is 14.4. The number of amides is 2. The summed E-state index contributed by atoms with van der Waals surface area (Å²) in [6, 6.07) is 6.44.